The molecule has 0 bridgehead atoms. The van der Waals surface area contributed by atoms with Crippen LogP contribution in [0.2, 0.25) is 0 Å². The van der Waals surface area contributed by atoms with Gasteiger partial charge in [0.25, 0.3) is 0 Å². The lowest BCUT2D eigenvalue weighted by Crippen LogP contribution is -2.00. The van der Waals surface area contributed by atoms with Crippen molar-refractivity contribution >= 4 is 5.97 Å². The Morgan fingerprint density at radius 2 is 1.78 bits per heavy atom. The zero-order valence-corrected chi connectivity index (χ0v) is 10.1. The molecule has 2 rings (SSSR count). The quantitative estimate of drug-likeness (QED) is 0.775. The summed E-state index contributed by atoms with van der Waals surface area (Å²) in [6.45, 7) is 1.85. The number of ether oxygens (including phenoxy) is 2. The fourth-order valence-electron chi connectivity index (χ4n) is 1.34. The molecule has 0 unspecified atom stereocenters. The molecule has 0 spiro atoms. The maximum Gasteiger partial charge on any atom is 0.337 e. The zero-order chi connectivity index (χ0) is 13.0. The van der Waals surface area contributed by atoms with Crippen molar-refractivity contribution in [3.63, 3.8) is 0 Å². The van der Waals surface area contributed by atoms with E-state index in [4.69, 9.17) is 4.74 Å². The lowest BCUT2D eigenvalue weighted by atomic mass is 10.2. The average molecular weight is 244 g/mol. The predicted molar refractivity (Wildman–Crippen MR) is 64.6 cm³/mol. The Balaban J connectivity index is 2.10. The molecule has 1 aromatic heterocycles. The van der Waals surface area contributed by atoms with Crippen LogP contribution in [-0.4, -0.2) is 23.3 Å². The first-order valence-electron chi connectivity index (χ1n) is 5.35. The molecule has 0 aliphatic heterocycles. The van der Waals surface area contributed by atoms with E-state index in [0.29, 0.717) is 17.2 Å². The van der Waals surface area contributed by atoms with E-state index in [0.717, 1.165) is 5.69 Å². The average Bonchev–Trinajstić information content (AvgIpc) is 2.41. The highest BCUT2D eigenvalue weighted by Crippen LogP contribution is 2.19. The summed E-state index contributed by atoms with van der Waals surface area (Å²) in [6, 6.07) is 10.1. The van der Waals surface area contributed by atoms with Gasteiger partial charge in [0.2, 0.25) is 5.88 Å². The smallest absolute Gasteiger partial charge is 0.337 e. The van der Waals surface area contributed by atoms with E-state index >= 15 is 0 Å². The van der Waals surface area contributed by atoms with Gasteiger partial charge in [-0.15, -0.1) is 5.10 Å². The molecule has 0 amide bonds. The zero-order valence-electron chi connectivity index (χ0n) is 10.1. The van der Waals surface area contributed by atoms with E-state index in [9.17, 15) is 4.79 Å². The minimum Gasteiger partial charge on any atom is -0.465 e. The Hall–Kier alpha value is -2.43. The van der Waals surface area contributed by atoms with Gasteiger partial charge in [0.05, 0.1) is 18.4 Å². The fraction of sp³-hybridized carbons (Fsp3) is 0.154. The minimum atomic E-state index is -0.378. The standard InChI is InChI=1S/C13H12N2O3/c1-9-3-8-12(15-14-9)18-11-6-4-10(5-7-11)13(16)17-2/h3-8H,1-2H3. The van der Waals surface area contributed by atoms with E-state index < -0.39 is 0 Å². The molecule has 0 atom stereocenters. The molecule has 0 saturated heterocycles. The number of esters is 1. The van der Waals surface area contributed by atoms with Crippen LogP contribution in [0.1, 0.15) is 16.1 Å². The summed E-state index contributed by atoms with van der Waals surface area (Å²) >= 11 is 0. The Morgan fingerprint density at radius 3 is 2.33 bits per heavy atom. The van der Waals surface area contributed by atoms with Crippen molar-refractivity contribution in [1.82, 2.24) is 10.2 Å². The van der Waals surface area contributed by atoms with Crippen molar-refractivity contribution in [2.24, 2.45) is 0 Å². The van der Waals surface area contributed by atoms with Gasteiger partial charge in [-0.25, -0.2) is 4.79 Å². The highest BCUT2D eigenvalue weighted by atomic mass is 16.5. The maximum absolute atomic E-state index is 11.2. The van der Waals surface area contributed by atoms with Crippen LogP contribution in [-0.2, 0) is 4.74 Å². The van der Waals surface area contributed by atoms with Crippen molar-refractivity contribution < 1.29 is 14.3 Å². The van der Waals surface area contributed by atoms with Gasteiger partial charge in [-0.1, -0.05) is 0 Å². The van der Waals surface area contributed by atoms with Crippen LogP contribution in [0.15, 0.2) is 36.4 Å². The second-order valence-electron chi connectivity index (χ2n) is 3.63. The van der Waals surface area contributed by atoms with Crippen LogP contribution < -0.4 is 4.74 Å². The SMILES string of the molecule is COC(=O)c1ccc(Oc2ccc(C)nn2)cc1. The van der Waals surface area contributed by atoms with E-state index in [1.165, 1.54) is 7.11 Å². The number of carbonyl (C=O) groups is 1. The minimum absolute atomic E-state index is 0.378. The van der Waals surface area contributed by atoms with Crippen molar-refractivity contribution in [2.75, 3.05) is 7.11 Å². The number of rotatable bonds is 3. The van der Waals surface area contributed by atoms with Crippen LogP contribution in [0.4, 0.5) is 0 Å². The summed E-state index contributed by atoms with van der Waals surface area (Å²) in [5.74, 6) is 0.615. The van der Waals surface area contributed by atoms with Gasteiger partial charge < -0.3 is 9.47 Å². The Kier molecular flexibility index (Phi) is 3.52. The highest BCUT2D eigenvalue weighted by molar-refractivity contribution is 5.89. The molecule has 0 fully saturated rings. The molecule has 0 radical (unpaired) electrons. The van der Waals surface area contributed by atoms with Crippen LogP contribution in [0, 0.1) is 6.92 Å². The molecular formula is C13H12N2O3. The molecule has 2 aromatic rings. The van der Waals surface area contributed by atoms with E-state index in [1.807, 2.05) is 13.0 Å². The number of carbonyl (C=O) groups excluding carboxylic acids is 1. The molecule has 5 heteroatoms. The topological polar surface area (TPSA) is 61.3 Å². The Labute approximate surface area is 104 Å². The molecule has 5 nitrogen and oxygen atoms in total. The van der Waals surface area contributed by atoms with Crippen molar-refractivity contribution in [3.05, 3.63) is 47.7 Å². The Morgan fingerprint density at radius 1 is 1.06 bits per heavy atom. The lowest BCUT2D eigenvalue weighted by molar-refractivity contribution is 0.0600. The van der Waals surface area contributed by atoms with Gasteiger partial charge in [-0.2, -0.15) is 5.10 Å². The molecule has 0 N–H and O–H groups in total. The van der Waals surface area contributed by atoms with Crippen LogP contribution in [0.3, 0.4) is 0 Å². The number of methoxy groups -OCH3 is 1. The van der Waals surface area contributed by atoms with Gasteiger partial charge in [0.1, 0.15) is 5.75 Å². The molecule has 1 aromatic carbocycles. The van der Waals surface area contributed by atoms with E-state index in [1.54, 1.807) is 30.3 Å². The third-order valence-electron chi connectivity index (χ3n) is 2.27. The second kappa shape index (κ2) is 5.27. The first-order chi connectivity index (χ1) is 8.69. The normalized spacial score (nSPS) is 9.89. The monoisotopic (exact) mass is 244 g/mol. The molecular weight excluding hydrogens is 232 g/mol. The summed E-state index contributed by atoms with van der Waals surface area (Å²) in [5.41, 5.74) is 1.29. The van der Waals surface area contributed by atoms with Crippen LogP contribution in [0.25, 0.3) is 0 Å². The van der Waals surface area contributed by atoms with Crippen molar-refractivity contribution in [3.8, 4) is 11.6 Å². The molecule has 0 saturated carbocycles. The second-order valence-corrected chi connectivity index (χ2v) is 3.63. The van der Waals surface area contributed by atoms with Crippen LogP contribution in [0.5, 0.6) is 11.6 Å². The maximum atomic E-state index is 11.2. The Bertz CT molecular complexity index is 535. The van der Waals surface area contributed by atoms with E-state index in [-0.39, 0.29) is 5.97 Å². The van der Waals surface area contributed by atoms with Gasteiger partial charge >= 0.3 is 5.97 Å². The van der Waals surface area contributed by atoms with E-state index in [2.05, 4.69) is 14.9 Å². The first kappa shape index (κ1) is 12.0. The number of nitrogens with zero attached hydrogens (tertiary/aromatic N) is 2. The van der Waals surface area contributed by atoms with Gasteiger partial charge in [0, 0.05) is 6.07 Å². The lowest BCUT2D eigenvalue weighted by Gasteiger charge is -2.04. The molecule has 0 aliphatic carbocycles. The third-order valence-corrected chi connectivity index (χ3v) is 2.27. The fourth-order valence-corrected chi connectivity index (χ4v) is 1.34. The third kappa shape index (κ3) is 2.82. The van der Waals surface area contributed by atoms with Gasteiger partial charge in [0.15, 0.2) is 0 Å². The van der Waals surface area contributed by atoms with Gasteiger partial charge in [-0.05, 0) is 37.3 Å². The first-order valence-corrected chi connectivity index (χ1v) is 5.35. The molecule has 0 aliphatic rings. The number of hydrogen-bond donors (Lipinski definition) is 0. The van der Waals surface area contributed by atoms with Gasteiger partial charge in [-0.3, -0.25) is 0 Å². The molecule has 1 heterocycles. The number of benzene rings is 1. The number of hydrogen-bond acceptors (Lipinski definition) is 5. The summed E-state index contributed by atoms with van der Waals surface area (Å²) in [4.78, 5) is 11.2. The predicted octanol–water partition coefficient (Wildman–Crippen LogP) is 2.36. The summed E-state index contributed by atoms with van der Waals surface area (Å²) < 4.78 is 10.1. The van der Waals surface area contributed by atoms with Crippen molar-refractivity contribution in [1.29, 1.82) is 0 Å². The summed E-state index contributed by atoms with van der Waals surface area (Å²) in [5, 5.41) is 7.77. The largest absolute Gasteiger partial charge is 0.465 e. The molecule has 92 valence electrons. The summed E-state index contributed by atoms with van der Waals surface area (Å²) in [7, 11) is 1.34. The van der Waals surface area contributed by atoms with Crippen LogP contribution >= 0.6 is 0 Å². The highest BCUT2D eigenvalue weighted by Gasteiger charge is 2.05. The molecule has 18 heavy (non-hydrogen) atoms. The van der Waals surface area contributed by atoms with Crippen molar-refractivity contribution in [2.45, 2.75) is 6.92 Å². The summed E-state index contributed by atoms with van der Waals surface area (Å²) in [6.07, 6.45) is 0. The number of aromatic nitrogens is 2. The number of aryl methyl sites for hydroxylation is 1.